The molecule has 0 spiro atoms. The van der Waals surface area contributed by atoms with Crippen molar-refractivity contribution in [2.45, 2.75) is 231 Å². The van der Waals surface area contributed by atoms with Crippen LogP contribution in [0.4, 0.5) is 0 Å². The van der Waals surface area contributed by atoms with Gasteiger partial charge in [0.25, 0.3) is 0 Å². The molecule has 1 N–H and O–H groups in total. The van der Waals surface area contributed by atoms with Gasteiger partial charge in [-0.2, -0.15) is 0 Å². The van der Waals surface area contributed by atoms with Crippen molar-refractivity contribution < 1.29 is 38.2 Å². The Hall–Kier alpha value is -1.67. The van der Waals surface area contributed by atoms with Gasteiger partial charge in [0.2, 0.25) is 0 Å². The molecule has 0 amide bonds. The Kier molecular flexibility index (Phi) is 36.1. The van der Waals surface area contributed by atoms with E-state index in [-0.39, 0.29) is 36.2 Å². The molecule has 53 heavy (non-hydrogen) atoms. The Balaban J connectivity index is 4.19. The molecule has 0 saturated carbocycles. The highest BCUT2D eigenvalue weighted by atomic mass is 16.6. The number of carbonyl (C=O) groups excluding carboxylic acids is 2. The number of quaternary nitrogens is 1. The van der Waals surface area contributed by atoms with Crippen LogP contribution in [0.15, 0.2) is 0 Å². The lowest BCUT2D eigenvalue weighted by atomic mass is 10.0. The summed E-state index contributed by atoms with van der Waals surface area (Å²) in [4.78, 5) is 36.9. The van der Waals surface area contributed by atoms with Crippen molar-refractivity contribution >= 4 is 17.9 Å². The van der Waals surface area contributed by atoms with E-state index in [1.54, 1.807) is 0 Å². The molecule has 0 rings (SSSR count). The molecule has 8 nitrogen and oxygen atoms in total. The maximum absolute atomic E-state index is 12.7. The van der Waals surface area contributed by atoms with E-state index in [0.717, 1.165) is 38.5 Å². The van der Waals surface area contributed by atoms with Gasteiger partial charge in [-0.25, -0.2) is 4.79 Å². The smallest absolute Gasteiger partial charge is 0.362 e. The highest BCUT2D eigenvalue weighted by molar-refractivity contribution is 5.72. The van der Waals surface area contributed by atoms with Gasteiger partial charge in [0, 0.05) is 19.3 Å². The Morgan fingerprint density at radius 1 is 0.491 bits per heavy atom. The van der Waals surface area contributed by atoms with Gasteiger partial charge in [0.05, 0.1) is 34.4 Å². The molecule has 0 fully saturated rings. The zero-order chi connectivity index (χ0) is 39.3. The zero-order valence-corrected chi connectivity index (χ0v) is 35.7. The average Bonchev–Trinajstić information content (AvgIpc) is 3.11. The van der Waals surface area contributed by atoms with Crippen molar-refractivity contribution in [3.8, 4) is 0 Å². The summed E-state index contributed by atoms with van der Waals surface area (Å²) in [5.41, 5.74) is 0. The van der Waals surface area contributed by atoms with Crippen molar-refractivity contribution in [2.75, 3.05) is 41.0 Å². The number of carboxylic acid groups (broad SMARTS) is 1. The maximum Gasteiger partial charge on any atom is 0.362 e. The summed E-state index contributed by atoms with van der Waals surface area (Å²) in [7, 11) is 5.53. The van der Waals surface area contributed by atoms with Gasteiger partial charge >= 0.3 is 17.9 Å². The van der Waals surface area contributed by atoms with Gasteiger partial charge < -0.3 is 23.8 Å². The van der Waals surface area contributed by atoms with Crippen LogP contribution >= 0.6 is 0 Å². The molecule has 0 aliphatic carbocycles. The fourth-order valence-corrected chi connectivity index (χ4v) is 6.98. The van der Waals surface area contributed by atoms with E-state index in [0.29, 0.717) is 19.3 Å². The average molecular weight is 755 g/mol. The maximum atomic E-state index is 12.7. The van der Waals surface area contributed by atoms with Crippen LogP contribution in [0.3, 0.4) is 0 Å². The highest BCUT2D eigenvalue weighted by Crippen LogP contribution is 2.16. The van der Waals surface area contributed by atoms with Crippen LogP contribution in [0, 0.1) is 0 Å². The predicted molar refractivity (Wildman–Crippen MR) is 220 cm³/mol. The minimum atomic E-state index is -0.871. The number of likely N-dealkylation sites (N-methyl/N-ethyl adjacent to an activating group) is 1. The first-order valence-corrected chi connectivity index (χ1v) is 22.6. The van der Waals surface area contributed by atoms with Gasteiger partial charge in [-0.1, -0.05) is 187 Å². The zero-order valence-electron chi connectivity index (χ0n) is 35.7. The first-order valence-electron chi connectivity index (χ1n) is 22.6. The van der Waals surface area contributed by atoms with E-state index in [4.69, 9.17) is 14.2 Å². The van der Waals surface area contributed by atoms with Crippen molar-refractivity contribution in [3.05, 3.63) is 0 Å². The summed E-state index contributed by atoms with van der Waals surface area (Å²) in [6, 6.07) is -0.607. The summed E-state index contributed by atoms with van der Waals surface area (Å²) in [5, 5.41) is 9.60. The lowest BCUT2D eigenvalue weighted by Crippen LogP contribution is -2.50. The van der Waals surface area contributed by atoms with Gasteiger partial charge in [-0.15, -0.1) is 0 Å². The Morgan fingerprint density at radius 2 is 0.830 bits per heavy atom. The summed E-state index contributed by atoms with van der Waals surface area (Å²) in [6.45, 7) is 4.75. The van der Waals surface area contributed by atoms with Crippen LogP contribution in [0.25, 0.3) is 0 Å². The number of carbonyl (C=O) groups is 3. The molecule has 0 aliphatic rings. The van der Waals surface area contributed by atoms with Gasteiger partial charge in [-0.05, 0) is 12.8 Å². The van der Waals surface area contributed by atoms with E-state index in [1.165, 1.54) is 148 Å². The standard InChI is InChI=1S/C45H87NO7/c1-6-8-10-12-14-16-17-18-19-20-21-22-23-24-25-26-28-30-32-34-36-44(48)53-41(39-51-38-37-42(45(49)50)46(3,4)5)40-52-43(47)35-33-31-29-27-15-13-11-9-7-2/h41-42H,6-40H2,1-5H3/p+1. The SMILES string of the molecule is CCCCCCCCCCCCCCCCCCCCCCC(=O)OC(COCCC(C(=O)O)[N+](C)(C)C)COC(=O)CCCCCCCCCCC. The molecule has 0 saturated heterocycles. The first-order chi connectivity index (χ1) is 25.6. The number of aliphatic carboxylic acids is 1. The number of ether oxygens (including phenoxy) is 3. The molecule has 0 heterocycles. The molecule has 2 atom stereocenters. The fourth-order valence-electron chi connectivity index (χ4n) is 6.98. The van der Waals surface area contributed by atoms with E-state index in [2.05, 4.69) is 13.8 Å². The fraction of sp³-hybridized carbons (Fsp3) is 0.933. The van der Waals surface area contributed by atoms with E-state index >= 15 is 0 Å². The lowest BCUT2D eigenvalue weighted by Gasteiger charge is -2.31. The molecular weight excluding hydrogens is 666 g/mol. The minimum absolute atomic E-state index is 0.0427. The second-order valence-corrected chi connectivity index (χ2v) is 16.7. The lowest BCUT2D eigenvalue weighted by molar-refractivity contribution is -0.887. The Labute approximate surface area is 327 Å². The van der Waals surface area contributed by atoms with E-state index in [1.807, 2.05) is 21.1 Å². The number of hydrogen-bond donors (Lipinski definition) is 1. The van der Waals surface area contributed by atoms with Gasteiger partial charge in [0.15, 0.2) is 12.1 Å². The third kappa shape index (κ3) is 35.8. The molecule has 0 aromatic rings. The quantitative estimate of drug-likeness (QED) is 0.0377. The van der Waals surface area contributed by atoms with Crippen molar-refractivity contribution in [1.82, 2.24) is 0 Å². The third-order valence-electron chi connectivity index (χ3n) is 10.5. The molecule has 0 aliphatic heterocycles. The molecule has 0 aromatic carbocycles. The second kappa shape index (κ2) is 37.3. The molecule has 0 radical (unpaired) electrons. The molecule has 2 unspecified atom stereocenters. The molecule has 0 bridgehead atoms. The first kappa shape index (κ1) is 51.3. The topological polar surface area (TPSA) is 99.1 Å². The monoisotopic (exact) mass is 755 g/mol. The molecular formula is C45H88NO7+. The Bertz CT molecular complexity index is 843. The van der Waals surface area contributed by atoms with Gasteiger partial charge in [0.1, 0.15) is 6.61 Å². The van der Waals surface area contributed by atoms with Crippen molar-refractivity contribution in [2.24, 2.45) is 0 Å². The third-order valence-corrected chi connectivity index (χ3v) is 10.5. The summed E-state index contributed by atoms with van der Waals surface area (Å²) >= 11 is 0. The van der Waals surface area contributed by atoms with Crippen LogP contribution in [0.5, 0.6) is 0 Å². The number of esters is 2. The van der Waals surface area contributed by atoms with Crippen LogP contribution < -0.4 is 0 Å². The number of carboxylic acids is 1. The largest absolute Gasteiger partial charge is 0.477 e. The van der Waals surface area contributed by atoms with E-state index in [9.17, 15) is 19.5 Å². The number of unbranched alkanes of at least 4 members (excludes halogenated alkanes) is 27. The van der Waals surface area contributed by atoms with Crippen LogP contribution in [-0.2, 0) is 28.6 Å². The van der Waals surface area contributed by atoms with Crippen LogP contribution in [-0.4, -0.2) is 80.6 Å². The summed E-state index contributed by atoms with van der Waals surface area (Å²) in [5.74, 6) is -1.45. The number of nitrogens with zero attached hydrogens (tertiary/aromatic N) is 1. The second-order valence-electron chi connectivity index (χ2n) is 16.7. The molecule has 8 heteroatoms. The summed E-state index contributed by atoms with van der Waals surface area (Å²) < 4.78 is 17.3. The number of hydrogen-bond acceptors (Lipinski definition) is 6. The van der Waals surface area contributed by atoms with Gasteiger partial charge in [-0.3, -0.25) is 9.59 Å². The summed E-state index contributed by atoms with van der Waals surface area (Å²) in [6.07, 6.45) is 37.2. The molecule has 314 valence electrons. The van der Waals surface area contributed by atoms with Crippen LogP contribution in [0.1, 0.15) is 219 Å². The van der Waals surface area contributed by atoms with Crippen LogP contribution in [0.2, 0.25) is 0 Å². The van der Waals surface area contributed by atoms with Crippen molar-refractivity contribution in [1.29, 1.82) is 0 Å². The minimum Gasteiger partial charge on any atom is -0.477 e. The molecule has 0 aromatic heterocycles. The highest BCUT2D eigenvalue weighted by Gasteiger charge is 2.31. The Morgan fingerprint density at radius 3 is 1.17 bits per heavy atom. The van der Waals surface area contributed by atoms with E-state index < -0.39 is 18.1 Å². The predicted octanol–water partition coefficient (Wildman–Crippen LogP) is 12.1. The normalized spacial score (nSPS) is 12.8. The van der Waals surface area contributed by atoms with Crippen molar-refractivity contribution in [3.63, 3.8) is 0 Å². The number of rotatable bonds is 41.